The summed E-state index contributed by atoms with van der Waals surface area (Å²) in [6, 6.07) is 6.97. The van der Waals surface area contributed by atoms with E-state index in [2.05, 4.69) is 15.4 Å². The Morgan fingerprint density at radius 3 is 2.95 bits per heavy atom. The van der Waals surface area contributed by atoms with Crippen molar-refractivity contribution < 1.29 is 14.4 Å². The Hall–Kier alpha value is -2.44. The number of carbonyl (C=O) groups is 1. The zero-order valence-electron chi connectivity index (χ0n) is 12.1. The van der Waals surface area contributed by atoms with Gasteiger partial charge < -0.3 is 15.3 Å². The molecule has 2 aromatic rings. The molecule has 0 amide bonds. The quantitative estimate of drug-likeness (QED) is 0.374. The van der Waals surface area contributed by atoms with E-state index < -0.39 is 0 Å². The fourth-order valence-electron chi connectivity index (χ4n) is 1.83. The van der Waals surface area contributed by atoms with Gasteiger partial charge in [-0.05, 0) is 31.2 Å². The summed E-state index contributed by atoms with van der Waals surface area (Å²) < 4.78 is 5.03. The van der Waals surface area contributed by atoms with Crippen LogP contribution < -0.4 is 10.2 Å². The molecule has 112 valence electrons. The molecule has 0 atom stereocenters. The number of fused-ring (bicyclic) bond motifs is 1. The molecule has 0 unspecified atom stereocenters. The number of carbonyl (C=O) groups excluding carboxylic acids is 1. The molecule has 1 aromatic heterocycles. The van der Waals surface area contributed by atoms with Crippen LogP contribution in [0.25, 0.3) is 11.0 Å². The van der Waals surface area contributed by atoms with Crippen molar-refractivity contribution in [2.75, 3.05) is 11.9 Å². The number of anilines is 1. The van der Waals surface area contributed by atoms with Gasteiger partial charge in [-0.15, -0.1) is 0 Å². The summed E-state index contributed by atoms with van der Waals surface area (Å²) in [5, 5.41) is 18.4. The van der Waals surface area contributed by atoms with E-state index >= 15 is 0 Å². The Kier molecular flexibility index (Phi) is 4.86. The topological polar surface area (TPSA) is 91.0 Å². The van der Waals surface area contributed by atoms with Crippen LogP contribution in [0.15, 0.2) is 24.3 Å². The predicted octanol–water partition coefficient (Wildman–Crippen LogP) is 1.41. The smallest absolute Gasteiger partial charge is 0.306 e. The molecule has 1 N–H and O–H groups in total. The molecule has 0 spiro atoms. The summed E-state index contributed by atoms with van der Waals surface area (Å²) in [5.41, 5.74) is 0.993. The van der Waals surface area contributed by atoms with E-state index in [1.54, 1.807) is 24.3 Å². The predicted molar refractivity (Wildman–Crippen MR) is 77.4 cm³/mol. The third-order valence-electron chi connectivity index (χ3n) is 2.71. The van der Waals surface area contributed by atoms with Crippen LogP contribution in [0, 0.1) is 5.21 Å². The lowest BCUT2D eigenvalue weighted by atomic mass is 10.3. The van der Waals surface area contributed by atoms with Crippen LogP contribution in [0.5, 0.6) is 0 Å². The maximum Gasteiger partial charge on any atom is 0.306 e. The number of hydrogen-bond acceptors (Lipinski definition) is 6. The van der Waals surface area contributed by atoms with Crippen LogP contribution in [-0.2, 0) is 9.53 Å². The number of nitrogens with one attached hydrogen (secondary N) is 1. The lowest BCUT2D eigenvalue weighted by Crippen LogP contribution is -2.33. The second-order valence-electron chi connectivity index (χ2n) is 4.87. The van der Waals surface area contributed by atoms with Crippen LogP contribution in [0.4, 0.5) is 5.95 Å². The van der Waals surface area contributed by atoms with Gasteiger partial charge in [0.1, 0.15) is 5.52 Å². The number of esters is 1. The first kappa shape index (κ1) is 15.0. The van der Waals surface area contributed by atoms with Gasteiger partial charge in [-0.3, -0.25) is 4.79 Å². The minimum Gasteiger partial charge on any atom is -0.594 e. The molecule has 0 fully saturated rings. The van der Waals surface area contributed by atoms with Crippen LogP contribution in [-0.4, -0.2) is 28.7 Å². The molecule has 0 bridgehead atoms. The molecule has 0 aliphatic carbocycles. The van der Waals surface area contributed by atoms with Gasteiger partial charge in [-0.1, -0.05) is 12.1 Å². The summed E-state index contributed by atoms with van der Waals surface area (Å²) >= 11 is 0. The highest BCUT2D eigenvalue weighted by molar-refractivity contribution is 5.71. The van der Waals surface area contributed by atoms with Crippen molar-refractivity contribution >= 4 is 23.0 Å². The first-order valence-corrected chi connectivity index (χ1v) is 6.86. The fraction of sp³-hybridized carbons (Fsp3) is 0.429. The van der Waals surface area contributed by atoms with Crippen molar-refractivity contribution in [2.45, 2.75) is 32.8 Å². The largest absolute Gasteiger partial charge is 0.594 e. The molecule has 0 radical (unpaired) electrons. The molecule has 0 aliphatic rings. The molecule has 2 rings (SSSR count). The number of rotatable bonds is 6. The van der Waals surface area contributed by atoms with Crippen molar-refractivity contribution in [3.63, 3.8) is 0 Å². The summed E-state index contributed by atoms with van der Waals surface area (Å²) in [7, 11) is 0. The van der Waals surface area contributed by atoms with E-state index in [0.717, 1.165) is 0 Å². The Bertz CT molecular complexity index is 631. The van der Waals surface area contributed by atoms with Crippen molar-refractivity contribution in [2.24, 2.45) is 0 Å². The van der Waals surface area contributed by atoms with E-state index in [9.17, 15) is 10.0 Å². The van der Waals surface area contributed by atoms with Crippen LogP contribution in [0.3, 0.4) is 0 Å². The number of hydrogen-bond donors (Lipinski definition) is 1. The summed E-state index contributed by atoms with van der Waals surface area (Å²) in [4.78, 5) is 16.1. The molecule has 1 heterocycles. The van der Waals surface area contributed by atoms with Gasteiger partial charge in [0.05, 0.1) is 11.2 Å². The molecule has 0 aliphatic heterocycles. The van der Waals surface area contributed by atoms with Gasteiger partial charge in [-0.2, -0.15) is 0 Å². The lowest BCUT2D eigenvalue weighted by Gasteiger charge is -2.08. The monoisotopic (exact) mass is 290 g/mol. The van der Waals surface area contributed by atoms with Crippen molar-refractivity contribution in [1.29, 1.82) is 0 Å². The molecular weight excluding hydrogens is 272 g/mol. The average Bonchev–Trinajstić information content (AvgIpc) is 2.43. The molecule has 0 saturated heterocycles. The van der Waals surface area contributed by atoms with Crippen molar-refractivity contribution in [1.82, 2.24) is 10.1 Å². The summed E-state index contributed by atoms with van der Waals surface area (Å²) in [5.74, 6) is 0.0195. The van der Waals surface area contributed by atoms with E-state index in [1.807, 2.05) is 13.8 Å². The zero-order chi connectivity index (χ0) is 15.2. The minimum absolute atomic E-state index is 0.103. The fourth-order valence-corrected chi connectivity index (χ4v) is 1.83. The van der Waals surface area contributed by atoms with Crippen LogP contribution in [0.2, 0.25) is 0 Å². The van der Waals surface area contributed by atoms with Gasteiger partial charge in [0.15, 0.2) is 0 Å². The maximum atomic E-state index is 11.7. The summed E-state index contributed by atoms with van der Waals surface area (Å²) in [6.07, 6.45) is 0.796. The maximum absolute atomic E-state index is 11.7. The molecule has 21 heavy (non-hydrogen) atoms. The van der Waals surface area contributed by atoms with Gasteiger partial charge >= 0.3 is 5.97 Å². The van der Waals surface area contributed by atoms with E-state index in [1.165, 1.54) is 0 Å². The second-order valence-corrected chi connectivity index (χ2v) is 4.87. The van der Waals surface area contributed by atoms with Gasteiger partial charge in [-0.25, -0.2) is 4.98 Å². The van der Waals surface area contributed by atoms with Gasteiger partial charge in [0, 0.05) is 19.0 Å². The Morgan fingerprint density at radius 2 is 2.19 bits per heavy atom. The average molecular weight is 290 g/mol. The highest BCUT2D eigenvalue weighted by Gasteiger charge is 2.10. The van der Waals surface area contributed by atoms with Crippen LogP contribution in [0.1, 0.15) is 26.7 Å². The highest BCUT2D eigenvalue weighted by Crippen LogP contribution is 2.07. The van der Waals surface area contributed by atoms with Crippen molar-refractivity contribution in [3.8, 4) is 0 Å². The molecule has 7 nitrogen and oxygen atoms in total. The Morgan fingerprint density at radius 1 is 1.43 bits per heavy atom. The van der Waals surface area contributed by atoms with Gasteiger partial charge in [0.2, 0.25) is 0 Å². The van der Waals surface area contributed by atoms with E-state index in [4.69, 9.17) is 4.74 Å². The lowest BCUT2D eigenvalue weighted by molar-refractivity contribution is -0.641. The minimum atomic E-state index is -0.231. The number of ether oxygens (including phenoxy) is 1. The zero-order valence-corrected chi connectivity index (χ0v) is 12.1. The number of para-hydroxylation sites is 2. The molecule has 1 aromatic carbocycles. The standard InChI is InChI=1S/C14H18N4O3/c1-10(2)21-13(19)8-5-9-15-14-16-11-6-3-4-7-12(11)18(20)17-14/h3-4,6-7,10H,5,8-9H2,1-2H3,(H,15,16,17). The molecule has 7 heteroatoms. The first-order chi connectivity index (χ1) is 10.1. The number of aromatic nitrogens is 3. The van der Waals surface area contributed by atoms with Crippen molar-refractivity contribution in [3.05, 3.63) is 29.5 Å². The number of nitrogens with zero attached hydrogens (tertiary/aromatic N) is 3. The molecule has 0 saturated carbocycles. The SMILES string of the molecule is CC(C)OC(=O)CCCNc1nc2ccccc2[n+]([O-])n1. The third-order valence-corrected chi connectivity index (χ3v) is 2.71. The Balaban J connectivity index is 1.88. The first-order valence-electron chi connectivity index (χ1n) is 6.86. The molecular formula is C14H18N4O3. The van der Waals surface area contributed by atoms with Gasteiger partial charge in [0.25, 0.3) is 11.5 Å². The number of benzene rings is 1. The third kappa shape index (κ3) is 4.27. The normalized spacial score (nSPS) is 10.8. The Labute approximate surface area is 122 Å². The summed E-state index contributed by atoms with van der Waals surface area (Å²) in [6.45, 7) is 4.11. The van der Waals surface area contributed by atoms with E-state index in [0.29, 0.717) is 35.3 Å². The second kappa shape index (κ2) is 6.83. The van der Waals surface area contributed by atoms with E-state index in [-0.39, 0.29) is 18.0 Å². The highest BCUT2D eigenvalue weighted by atomic mass is 16.5. The van der Waals surface area contributed by atoms with Crippen LogP contribution >= 0.6 is 0 Å².